The lowest BCUT2D eigenvalue weighted by atomic mass is 10.3. The van der Waals surface area contributed by atoms with Gasteiger partial charge in [-0.3, -0.25) is 0 Å². The molecule has 2 N–H and O–H groups in total. The summed E-state index contributed by atoms with van der Waals surface area (Å²) in [5.74, 6) is 1.37. The van der Waals surface area contributed by atoms with Crippen LogP contribution in [0.3, 0.4) is 0 Å². The average molecular weight is 176 g/mol. The van der Waals surface area contributed by atoms with E-state index in [1.165, 1.54) is 0 Å². The summed E-state index contributed by atoms with van der Waals surface area (Å²) >= 11 is 0. The number of aromatic nitrogens is 3. The maximum absolute atomic E-state index is 5.76. The Bertz CT molecular complexity index is 418. The molecule has 2 rings (SSSR count). The highest BCUT2D eigenvalue weighted by atomic mass is 15.3. The highest BCUT2D eigenvalue weighted by Gasteiger charge is 2.02. The molecule has 0 unspecified atom stereocenters. The smallest absolute Gasteiger partial charge is 0.151 e. The number of hydrogen-bond donors (Lipinski definition) is 1. The van der Waals surface area contributed by atoms with Crippen molar-refractivity contribution in [3.05, 3.63) is 24.2 Å². The molecule has 0 aliphatic heterocycles. The third-order valence-corrected chi connectivity index (χ3v) is 1.94. The van der Waals surface area contributed by atoms with Gasteiger partial charge >= 0.3 is 0 Å². The predicted molar refractivity (Wildman–Crippen MR) is 51.4 cm³/mol. The van der Waals surface area contributed by atoms with Gasteiger partial charge in [-0.05, 0) is 18.6 Å². The van der Waals surface area contributed by atoms with E-state index in [1.54, 1.807) is 4.52 Å². The molecule has 2 aromatic rings. The summed E-state index contributed by atoms with van der Waals surface area (Å²) in [5, 5.41) is 4.31. The lowest BCUT2D eigenvalue weighted by Crippen LogP contribution is -2.04. The van der Waals surface area contributed by atoms with E-state index in [9.17, 15) is 0 Å². The van der Waals surface area contributed by atoms with Crippen LogP contribution in [0.1, 0.15) is 19.2 Å². The second-order valence-electron chi connectivity index (χ2n) is 3.00. The number of rotatable bonds is 2. The van der Waals surface area contributed by atoms with Crippen LogP contribution in [0.25, 0.3) is 5.52 Å². The van der Waals surface area contributed by atoms with E-state index in [1.807, 2.05) is 18.3 Å². The van der Waals surface area contributed by atoms with Crippen molar-refractivity contribution in [1.29, 1.82) is 0 Å². The summed E-state index contributed by atoms with van der Waals surface area (Å²) in [6.45, 7) is 2.10. The van der Waals surface area contributed by atoms with Gasteiger partial charge in [0.25, 0.3) is 0 Å². The summed E-state index contributed by atoms with van der Waals surface area (Å²) in [5.41, 5.74) is 6.63. The Labute approximate surface area is 76.4 Å². The molecule has 0 aromatic carbocycles. The second kappa shape index (κ2) is 3.05. The topological polar surface area (TPSA) is 56.2 Å². The van der Waals surface area contributed by atoms with Crippen molar-refractivity contribution in [2.75, 3.05) is 5.73 Å². The maximum atomic E-state index is 5.76. The Hall–Kier alpha value is -1.58. The first-order chi connectivity index (χ1) is 6.31. The molecule has 0 fully saturated rings. The third-order valence-electron chi connectivity index (χ3n) is 1.94. The van der Waals surface area contributed by atoms with Crippen LogP contribution in [-0.2, 0) is 6.42 Å². The van der Waals surface area contributed by atoms with Crippen LogP contribution in [0, 0.1) is 0 Å². The van der Waals surface area contributed by atoms with Crippen LogP contribution in [-0.4, -0.2) is 14.6 Å². The summed E-state index contributed by atoms with van der Waals surface area (Å²) < 4.78 is 1.77. The number of nitrogens with zero attached hydrogens (tertiary/aromatic N) is 3. The highest BCUT2D eigenvalue weighted by Crippen LogP contribution is 2.10. The van der Waals surface area contributed by atoms with E-state index in [2.05, 4.69) is 17.0 Å². The number of fused-ring (bicyclic) bond motifs is 1. The molecule has 13 heavy (non-hydrogen) atoms. The molecule has 0 spiro atoms. The van der Waals surface area contributed by atoms with Crippen molar-refractivity contribution in [2.24, 2.45) is 0 Å². The molecule has 0 atom stereocenters. The first-order valence-electron chi connectivity index (χ1n) is 4.41. The van der Waals surface area contributed by atoms with Crippen LogP contribution >= 0.6 is 0 Å². The van der Waals surface area contributed by atoms with E-state index >= 15 is 0 Å². The van der Waals surface area contributed by atoms with E-state index in [4.69, 9.17) is 5.73 Å². The van der Waals surface area contributed by atoms with Gasteiger partial charge in [0.2, 0.25) is 0 Å². The van der Waals surface area contributed by atoms with Crippen molar-refractivity contribution >= 4 is 11.3 Å². The number of hydrogen-bond acceptors (Lipinski definition) is 3. The zero-order valence-electron chi connectivity index (χ0n) is 7.57. The van der Waals surface area contributed by atoms with Gasteiger partial charge in [-0.2, -0.15) is 5.10 Å². The van der Waals surface area contributed by atoms with Gasteiger partial charge < -0.3 is 5.73 Å². The van der Waals surface area contributed by atoms with Crippen molar-refractivity contribution in [1.82, 2.24) is 14.6 Å². The second-order valence-corrected chi connectivity index (χ2v) is 3.00. The molecule has 0 saturated heterocycles. The minimum absolute atomic E-state index is 0.559. The first kappa shape index (κ1) is 8.04. The Morgan fingerprint density at radius 1 is 1.54 bits per heavy atom. The number of anilines is 1. The fraction of sp³-hybridized carbons (Fsp3) is 0.333. The quantitative estimate of drug-likeness (QED) is 0.749. The first-order valence-corrected chi connectivity index (χ1v) is 4.41. The molecule has 2 aromatic heterocycles. The van der Waals surface area contributed by atoms with Gasteiger partial charge in [0.1, 0.15) is 5.52 Å². The Morgan fingerprint density at radius 3 is 3.15 bits per heavy atom. The summed E-state index contributed by atoms with van der Waals surface area (Å²) in [4.78, 5) is 4.21. The standard InChI is InChI=1S/C9H12N4/c1-2-4-8-11-9(10)7-5-3-6-13(7)12-8/h3,5-6H,2,4H2,1H3,(H2,10,11,12). The SMILES string of the molecule is CCCc1nc(N)c2cccn2n1. The average Bonchev–Trinajstić information content (AvgIpc) is 2.53. The zero-order chi connectivity index (χ0) is 9.26. The largest absolute Gasteiger partial charge is 0.382 e. The Balaban J connectivity index is 2.56. The molecule has 0 radical (unpaired) electrons. The van der Waals surface area contributed by atoms with Gasteiger partial charge in [0.05, 0.1) is 0 Å². The molecule has 68 valence electrons. The monoisotopic (exact) mass is 176 g/mol. The number of nitrogens with two attached hydrogens (primary N) is 1. The Morgan fingerprint density at radius 2 is 2.38 bits per heavy atom. The fourth-order valence-corrected chi connectivity index (χ4v) is 1.33. The van der Waals surface area contributed by atoms with Crippen molar-refractivity contribution in [3.8, 4) is 0 Å². The molecule has 0 bridgehead atoms. The van der Waals surface area contributed by atoms with Gasteiger partial charge in [-0.1, -0.05) is 6.92 Å². The van der Waals surface area contributed by atoms with Gasteiger partial charge in [0, 0.05) is 12.6 Å². The molecular formula is C9H12N4. The lowest BCUT2D eigenvalue weighted by Gasteiger charge is -2.01. The van der Waals surface area contributed by atoms with Crippen LogP contribution < -0.4 is 5.73 Å². The van der Waals surface area contributed by atoms with Crippen molar-refractivity contribution in [2.45, 2.75) is 19.8 Å². The molecule has 0 aliphatic rings. The minimum Gasteiger partial charge on any atom is -0.382 e. The van der Waals surface area contributed by atoms with Crippen LogP contribution in [0.15, 0.2) is 18.3 Å². The van der Waals surface area contributed by atoms with Gasteiger partial charge in [0.15, 0.2) is 11.6 Å². The summed E-state index contributed by atoms with van der Waals surface area (Å²) in [6.07, 6.45) is 3.79. The molecular weight excluding hydrogens is 164 g/mol. The minimum atomic E-state index is 0.559. The van der Waals surface area contributed by atoms with E-state index in [0.717, 1.165) is 24.2 Å². The van der Waals surface area contributed by atoms with E-state index in [0.29, 0.717) is 5.82 Å². The fourth-order valence-electron chi connectivity index (χ4n) is 1.33. The zero-order valence-corrected chi connectivity index (χ0v) is 7.57. The lowest BCUT2D eigenvalue weighted by molar-refractivity contribution is 0.769. The normalized spacial score (nSPS) is 10.8. The number of nitrogen functional groups attached to an aromatic ring is 1. The molecule has 0 saturated carbocycles. The predicted octanol–water partition coefficient (Wildman–Crippen LogP) is 1.26. The van der Waals surface area contributed by atoms with Crippen LogP contribution in [0.5, 0.6) is 0 Å². The molecule has 0 aliphatic carbocycles. The molecule has 0 amide bonds. The highest BCUT2D eigenvalue weighted by molar-refractivity contribution is 5.64. The van der Waals surface area contributed by atoms with Crippen molar-refractivity contribution in [3.63, 3.8) is 0 Å². The summed E-state index contributed by atoms with van der Waals surface area (Å²) in [7, 11) is 0. The van der Waals surface area contributed by atoms with Crippen LogP contribution in [0.4, 0.5) is 5.82 Å². The molecule has 2 heterocycles. The van der Waals surface area contributed by atoms with Gasteiger partial charge in [-0.15, -0.1) is 0 Å². The third kappa shape index (κ3) is 1.35. The van der Waals surface area contributed by atoms with Crippen LogP contribution in [0.2, 0.25) is 0 Å². The van der Waals surface area contributed by atoms with Crippen molar-refractivity contribution < 1.29 is 0 Å². The maximum Gasteiger partial charge on any atom is 0.151 e. The Kier molecular flexibility index (Phi) is 1.88. The molecule has 4 heteroatoms. The number of aryl methyl sites for hydroxylation is 1. The molecule has 4 nitrogen and oxygen atoms in total. The van der Waals surface area contributed by atoms with Gasteiger partial charge in [-0.25, -0.2) is 9.50 Å². The van der Waals surface area contributed by atoms with E-state index < -0.39 is 0 Å². The van der Waals surface area contributed by atoms with E-state index in [-0.39, 0.29) is 0 Å². The summed E-state index contributed by atoms with van der Waals surface area (Å²) in [6, 6.07) is 3.82.